The van der Waals surface area contributed by atoms with Gasteiger partial charge in [-0.05, 0) is 44.9 Å². The van der Waals surface area contributed by atoms with Crippen molar-refractivity contribution in [2.75, 3.05) is 19.6 Å². The summed E-state index contributed by atoms with van der Waals surface area (Å²) in [4.78, 5) is 14.0. The van der Waals surface area contributed by atoms with Crippen molar-refractivity contribution in [3.05, 3.63) is 24.3 Å². The summed E-state index contributed by atoms with van der Waals surface area (Å²) in [6.07, 6.45) is 9.66. The van der Waals surface area contributed by atoms with E-state index in [1.54, 1.807) is 10.8 Å². The summed E-state index contributed by atoms with van der Waals surface area (Å²) in [5.74, 6) is 0.418. The molecule has 146 valence electrons. The second-order valence-electron chi connectivity index (χ2n) is 7.50. The predicted molar refractivity (Wildman–Crippen MR) is 108 cm³/mol. The fourth-order valence-corrected chi connectivity index (χ4v) is 4.46. The Balaban J connectivity index is 1.47. The number of fused-ring (bicyclic) bond motifs is 3. The molecule has 0 saturated heterocycles. The summed E-state index contributed by atoms with van der Waals surface area (Å²) < 4.78 is 1.79. The van der Waals surface area contributed by atoms with Gasteiger partial charge in [-0.15, -0.1) is 5.10 Å². The van der Waals surface area contributed by atoms with Gasteiger partial charge in [-0.2, -0.15) is 5.26 Å². The summed E-state index contributed by atoms with van der Waals surface area (Å²) in [5, 5.41) is 18.9. The summed E-state index contributed by atoms with van der Waals surface area (Å²) >= 11 is 0. The molecule has 28 heavy (non-hydrogen) atoms. The Morgan fingerprint density at radius 1 is 1.32 bits per heavy atom. The van der Waals surface area contributed by atoms with Crippen LogP contribution in [0.25, 0.3) is 16.6 Å². The van der Waals surface area contributed by atoms with E-state index in [1.807, 2.05) is 12.3 Å². The van der Waals surface area contributed by atoms with Gasteiger partial charge in [0.05, 0.1) is 11.8 Å². The highest BCUT2D eigenvalue weighted by Gasteiger charge is 2.29. The van der Waals surface area contributed by atoms with Crippen LogP contribution in [0.5, 0.6) is 0 Å². The molecule has 3 aromatic rings. The zero-order valence-corrected chi connectivity index (χ0v) is 16.1. The maximum absolute atomic E-state index is 8.99. The molecule has 1 aliphatic rings. The van der Waals surface area contributed by atoms with Crippen LogP contribution < -0.4 is 0 Å². The quantitative estimate of drug-likeness (QED) is 0.480. The minimum absolute atomic E-state index is 0.418. The largest absolute Gasteiger partial charge is 0.346 e. The van der Waals surface area contributed by atoms with Gasteiger partial charge in [0.2, 0.25) is 0 Å². The molecule has 4 rings (SSSR count). The monoisotopic (exact) mass is 378 g/mol. The molecular weight excluding hydrogens is 352 g/mol. The van der Waals surface area contributed by atoms with Crippen LogP contribution in [0, 0.1) is 11.3 Å². The second-order valence-corrected chi connectivity index (χ2v) is 7.50. The molecule has 1 fully saturated rings. The number of nitrogens with one attached hydrogen (secondary N) is 1. The summed E-state index contributed by atoms with van der Waals surface area (Å²) in [5.41, 5.74) is 3.04. The van der Waals surface area contributed by atoms with Crippen LogP contribution in [0.3, 0.4) is 0 Å². The number of aliphatic imine (C=N–C) groups is 1. The molecule has 3 heterocycles. The number of nitrogens with zero attached hydrogens (tertiary/aromatic N) is 7. The van der Waals surface area contributed by atoms with Crippen molar-refractivity contribution in [2.24, 2.45) is 4.99 Å². The van der Waals surface area contributed by atoms with Crippen LogP contribution in [-0.2, 0) is 0 Å². The van der Waals surface area contributed by atoms with E-state index >= 15 is 0 Å². The summed E-state index contributed by atoms with van der Waals surface area (Å²) in [7, 11) is 0. The fraction of sp³-hybridized carbons (Fsp3) is 0.550. The SMILES string of the molecule is C=NCCCN(CCC#N)C1CCC(c2nnn3cnc4[nH]ccc4c23)CC1. The number of aromatic amines is 1. The van der Waals surface area contributed by atoms with Crippen LogP contribution in [-0.4, -0.2) is 62.1 Å². The predicted octanol–water partition coefficient (Wildman–Crippen LogP) is 2.94. The average molecular weight is 378 g/mol. The first kappa shape index (κ1) is 18.6. The van der Waals surface area contributed by atoms with Crippen molar-refractivity contribution >= 4 is 23.3 Å². The van der Waals surface area contributed by atoms with Crippen LogP contribution >= 0.6 is 0 Å². The highest BCUT2D eigenvalue weighted by atomic mass is 15.4. The molecule has 1 N–H and O–H groups in total. The van der Waals surface area contributed by atoms with E-state index < -0.39 is 0 Å². The molecule has 1 aliphatic carbocycles. The zero-order chi connectivity index (χ0) is 19.3. The van der Waals surface area contributed by atoms with E-state index in [1.165, 1.54) is 0 Å². The number of rotatable bonds is 8. The summed E-state index contributed by atoms with van der Waals surface area (Å²) in [6.45, 7) is 6.18. The maximum Gasteiger partial charge on any atom is 0.141 e. The minimum atomic E-state index is 0.418. The summed E-state index contributed by atoms with van der Waals surface area (Å²) in [6, 6.07) is 4.87. The van der Waals surface area contributed by atoms with Gasteiger partial charge in [0.1, 0.15) is 17.5 Å². The Labute approximate surface area is 164 Å². The Kier molecular flexibility index (Phi) is 5.63. The van der Waals surface area contributed by atoms with Crippen LogP contribution in [0.1, 0.15) is 50.1 Å². The molecule has 0 unspecified atom stereocenters. The lowest BCUT2D eigenvalue weighted by Crippen LogP contribution is -2.39. The van der Waals surface area contributed by atoms with Gasteiger partial charge in [-0.1, -0.05) is 5.21 Å². The van der Waals surface area contributed by atoms with Crippen molar-refractivity contribution in [1.29, 1.82) is 5.26 Å². The average Bonchev–Trinajstić information content (AvgIpc) is 3.37. The number of aromatic nitrogens is 5. The lowest BCUT2D eigenvalue weighted by molar-refractivity contribution is 0.150. The van der Waals surface area contributed by atoms with Crippen molar-refractivity contribution in [2.45, 2.75) is 50.5 Å². The molecule has 0 radical (unpaired) electrons. The molecule has 0 amide bonds. The lowest BCUT2D eigenvalue weighted by atomic mass is 9.83. The van der Waals surface area contributed by atoms with Crippen molar-refractivity contribution in [3.8, 4) is 6.07 Å². The third kappa shape index (κ3) is 3.62. The third-order valence-corrected chi connectivity index (χ3v) is 5.87. The Morgan fingerprint density at radius 3 is 2.96 bits per heavy atom. The van der Waals surface area contributed by atoms with Gasteiger partial charge in [-0.3, -0.25) is 4.90 Å². The maximum atomic E-state index is 8.99. The smallest absolute Gasteiger partial charge is 0.141 e. The number of hydrogen-bond acceptors (Lipinski definition) is 6. The topological polar surface area (TPSA) is 98.3 Å². The molecule has 0 aliphatic heterocycles. The number of nitriles is 1. The number of H-pyrrole nitrogens is 1. The van der Waals surface area contributed by atoms with E-state index in [0.717, 1.165) is 74.0 Å². The van der Waals surface area contributed by atoms with E-state index in [2.05, 4.69) is 43.0 Å². The molecular formula is C20H26N8. The molecule has 0 spiro atoms. The van der Waals surface area contributed by atoms with Gasteiger partial charge >= 0.3 is 0 Å². The van der Waals surface area contributed by atoms with E-state index in [0.29, 0.717) is 18.4 Å². The van der Waals surface area contributed by atoms with Crippen LogP contribution in [0.4, 0.5) is 0 Å². The van der Waals surface area contributed by atoms with Crippen molar-refractivity contribution in [3.63, 3.8) is 0 Å². The molecule has 0 bridgehead atoms. The molecule has 8 heteroatoms. The number of hydrogen-bond donors (Lipinski definition) is 1. The Hall–Kier alpha value is -2.79. The molecule has 0 atom stereocenters. The van der Waals surface area contributed by atoms with Crippen LogP contribution in [0.15, 0.2) is 23.6 Å². The van der Waals surface area contributed by atoms with Gasteiger partial charge in [0.15, 0.2) is 0 Å². The fourth-order valence-electron chi connectivity index (χ4n) is 4.46. The Morgan fingerprint density at radius 2 is 2.18 bits per heavy atom. The first-order valence-electron chi connectivity index (χ1n) is 10.0. The van der Waals surface area contributed by atoms with Gasteiger partial charge in [0, 0.05) is 49.6 Å². The molecule has 8 nitrogen and oxygen atoms in total. The second kappa shape index (κ2) is 8.48. The van der Waals surface area contributed by atoms with E-state index in [-0.39, 0.29) is 0 Å². The molecule has 1 saturated carbocycles. The highest BCUT2D eigenvalue weighted by molar-refractivity contribution is 5.92. The highest BCUT2D eigenvalue weighted by Crippen LogP contribution is 2.37. The first-order chi connectivity index (χ1) is 13.8. The van der Waals surface area contributed by atoms with Gasteiger partial charge in [0.25, 0.3) is 0 Å². The van der Waals surface area contributed by atoms with Crippen molar-refractivity contribution in [1.82, 2.24) is 29.7 Å². The third-order valence-electron chi connectivity index (χ3n) is 5.87. The first-order valence-corrected chi connectivity index (χ1v) is 10.0. The normalized spacial score (nSPS) is 20.0. The zero-order valence-electron chi connectivity index (χ0n) is 16.1. The van der Waals surface area contributed by atoms with Crippen LogP contribution in [0.2, 0.25) is 0 Å². The van der Waals surface area contributed by atoms with Gasteiger partial charge in [-0.25, -0.2) is 9.50 Å². The van der Waals surface area contributed by atoms with E-state index in [4.69, 9.17) is 5.26 Å². The van der Waals surface area contributed by atoms with Crippen molar-refractivity contribution < 1.29 is 0 Å². The molecule has 3 aromatic heterocycles. The minimum Gasteiger partial charge on any atom is -0.346 e. The van der Waals surface area contributed by atoms with E-state index in [9.17, 15) is 0 Å². The standard InChI is InChI=1S/C20H26N8/c1-22-10-3-13-27(12-2-9-21)16-6-4-15(5-7-16)18-19-17-8-11-23-20(17)24-14-28(19)26-25-18/h8,11,14-16,23H,1-7,10,12-13H2. The molecule has 0 aromatic carbocycles. The van der Waals surface area contributed by atoms with Gasteiger partial charge < -0.3 is 9.98 Å². The Bertz CT molecular complexity index is 973. The lowest BCUT2D eigenvalue weighted by Gasteiger charge is -2.36.